The Labute approximate surface area is 157 Å². The summed E-state index contributed by atoms with van der Waals surface area (Å²) in [7, 11) is -3.43. The monoisotopic (exact) mass is 388 g/mol. The van der Waals surface area contributed by atoms with E-state index in [4.69, 9.17) is 4.74 Å². The van der Waals surface area contributed by atoms with E-state index in [1.807, 2.05) is 0 Å². The Hall–Kier alpha value is -0.820. The number of nitrogens with zero attached hydrogens (tertiary/aromatic N) is 1. The molecule has 7 heteroatoms. The molecule has 0 spiro atoms. The van der Waals surface area contributed by atoms with Crippen molar-refractivity contribution in [3.05, 3.63) is 24.3 Å². The van der Waals surface area contributed by atoms with Crippen molar-refractivity contribution >= 4 is 22.4 Å². The summed E-state index contributed by atoms with van der Waals surface area (Å²) < 4.78 is 33.6. The summed E-state index contributed by atoms with van der Waals surface area (Å²) in [5, 5.41) is 3.35. The number of hydrogen-bond acceptors (Lipinski definition) is 4. The Morgan fingerprint density at radius 2 is 1.84 bits per heavy atom. The molecule has 142 valence electrons. The molecule has 1 aromatic rings. The molecule has 5 nitrogen and oxygen atoms in total. The summed E-state index contributed by atoms with van der Waals surface area (Å²) in [5.41, 5.74) is 0. The number of rotatable bonds is 7. The van der Waals surface area contributed by atoms with Gasteiger partial charge in [-0.1, -0.05) is 19.8 Å². The second kappa shape index (κ2) is 9.21. The molecule has 25 heavy (non-hydrogen) atoms. The maximum atomic E-state index is 13.1. The van der Waals surface area contributed by atoms with Crippen LogP contribution in [0.15, 0.2) is 29.2 Å². The first kappa shape index (κ1) is 20.5. The minimum Gasteiger partial charge on any atom is -0.494 e. The van der Waals surface area contributed by atoms with Gasteiger partial charge >= 0.3 is 0 Å². The van der Waals surface area contributed by atoms with Gasteiger partial charge in [0.15, 0.2) is 0 Å². The van der Waals surface area contributed by atoms with Crippen molar-refractivity contribution in [1.82, 2.24) is 9.62 Å². The zero-order valence-electron chi connectivity index (χ0n) is 14.8. The molecule has 0 radical (unpaired) electrons. The summed E-state index contributed by atoms with van der Waals surface area (Å²) in [6, 6.07) is 7.14. The van der Waals surface area contributed by atoms with E-state index < -0.39 is 10.0 Å². The largest absolute Gasteiger partial charge is 0.494 e. The van der Waals surface area contributed by atoms with Gasteiger partial charge < -0.3 is 10.1 Å². The number of ether oxygens (including phenoxy) is 1. The number of nitrogens with one attached hydrogen (secondary N) is 1. The van der Waals surface area contributed by atoms with Gasteiger partial charge in [-0.05, 0) is 56.5 Å². The minimum atomic E-state index is -3.43. The Morgan fingerprint density at radius 1 is 1.12 bits per heavy atom. The molecule has 2 atom stereocenters. The lowest BCUT2D eigenvalue weighted by Crippen LogP contribution is -2.42. The highest BCUT2D eigenvalue weighted by Gasteiger charge is 2.42. The average molecular weight is 389 g/mol. The van der Waals surface area contributed by atoms with Crippen LogP contribution in [0.5, 0.6) is 5.75 Å². The summed E-state index contributed by atoms with van der Waals surface area (Å²) in [6.45, 7) is 4.50. The average Bonchev–Trinajstić information content (AvgIpc) is 2.86. The van der Waals surface area contributed by atoms with E-state index in [1.54, 1.807) is 28.6 Å². The number of hydrogen-bond donors (Lipinski definition) is 1. The van der Waals surface area contributed by atoms with Gasteiger partial charge in [0, 0.05) is 18.6 Å². The predicted octanol–water partition coefficient (Wildman–Crippen LogP) is 3.19. The molecule has 3 rings (SSSR count). The van der Waals surface area contributed by atoms with Gasteiger partial charge in [-0.25, -0.2) is 8.42 Å². The summed E-state index contributed by atoms with van der Waals surface area (Å²) in [5.74, 6) is 0.741. The number of halogens is 1. The minimum absolute atomic E-state index is 0. The van der Waals surface area contributed by atoms with Gasteiger partial charge in [0.25, 0.3) is 0 Å². The number of benzene rings is 1. The van der Waals surface area contributed by atoms with Crippen molar-refractivity contribution < 1.29 is 13.2 Å². The van der Waals surface area contributed by atoms with E-state index >= 15 is 0 Å². The molecule has 2 aliphatic heterocycles. The fraction of sp³-hybridized carbons (Fsp3) is 0.667. The molecule has 1 N–H and O–H groups in total. The molecule has 2 saturated heterocycles. The maximum Gasteiger partial charge on any atom is 0.243 e. The van der Waals surface area contributed by atoms with Crippen LogP contribution < -0.4 is 10.1 Å². The third-order valence-electron chi connectivity index (χ3n) is 5.00. The van der Waals surface area contributed by atoms with Gasteiger partial charge in [0.05, 0.1) is 11.5 Å². The Balaban J connectivity index is 0.00000225. The molecule has 2 bridgehead atoms. The zero-order chi connectivity index (χ0) is 17.0. The highest BCUT2D eigenvalue weighted by molar-refractivity contribution is 7.89. The molecule has 2 heterocycles. The lowest BCUT2D eigenvalue weighted by molar-refractivity contribution is 0.306. The van der Waals surface area contributed by atoms with Crippen LogP contribution in [0.2, 0.25) is 0 Å². The fourth-order valence-electron chi connectivity index (χ4n) is 3.70. The van der Waals surface area contributed by atoms with Crippen LogP contribution in [-0.2, 0) is 10.0 Å². The Bertz CT molecular complexity index is 622. The lowest BCUT2D eigenvalue weighted by atomic mass is 10.1. The molecule has 2 fully saturated rings. The second-order valence-corrected chi connectivity index (χ2v) is 8.58. The smallest absolute Gasteiger partial charge is 0.243 e. The molecular weight excluding hydrogens is 360 g/mol. The van der Waals surface area contributed by atoms with Crippen LogP contribution in [-0.4, -0.2) is 44.5 Å². The fourth-order valence-corrected chi connectivity index (χ4v) is 5.60. The highest BCUT2D eigenvalue weighted by atomic mass is 35.5. The van der Waals surface area contributed by atoms with E-state index in [0.717, 1.165) is 57.4 Å². The standard InChI is InChI=1S/C18H28N2O3S.ClH/c1-2-3-4-13-23-17-7-9-18(10-8-17)24(21,22)20-15-5-6-16(20)14-19-12-11-15;/h7-10,15-16,19H,2-6,11-14H2,1H3;1H. The summed E-state index contributed by atoms with van der Waals surface area (Å²) in [4.78, 5) is 0.377. The number of sulfonamides is 1. The first-order valence-electron chi connectivity index (χ1n) is 9.10. The van der Waals surface area contributed by atoms with Crippen molar-refractivity contribution in [1.29, 1.82) is 0 Å². The van der Waals surface area contributed by atoms with Crippen molar-refractivity contribution in [3.8, 4) is 5.75 Å². The zero-order valence-corrected chi connectivity index (χ0v) is 16.4. The topological polar surface area (TPSA) is 58.6 Å². The van der Waals surface area contributed by atoms with Gasteiger partial charge in [0.2, 0.25) is 10.0 Å². The van der Waals surface area contributed by atoms with Crippen LogP contribution in [0.25, 0.3) is 0 Å². The van der Waals surface area contributed by atoms with Gasteiger partial charge in [0.1, 0.15) is 5.75 Å². The van der Waals surface area contributed by atoms with Crippen LogP contribution >= 0.6 is 12.4 Å². The molecule has 2 unspecified atom stereocenters. The first-order valence-corrected chi connectivity index (χ1v) is 10.5. The molecule has 0 aliphatic carbocycles. The lowest BCUT2D eigenvalue weighted by Gasteiger charge is -2.26. The van der Waals surface area contributed by atoms with Gasteiger partial charge in [-0.2, -0.15) is 4.31 Å². The van der Waals surface area contributed by atoms with E-state index in [0.29, 0.717) is 11.5 Å². The van der Waals surface area contributed by atoms with Crippen LogP contribution in [0.4, 0.5) is 0 Å². The molecule has 0 aromatic heterocycles. The Kier molecular flexibility index (Phi) is 7.55. The molecule has 2 aliphatic rings. The number of fused-ring (bicyclic) bond motifs is 2. The van der Waals surface area contributed by atoms with E-state index in [1.165, 1.54) is 0 Å². The molecule has 0 saturated carbocycles. The first-order chi connectivity index (χ1) is 11.6. The van der Waals surface area contributed by atoms with Crippen molar-refractivity contribution in [2.75, 3.05) is 19.7 Å². The Morgan fingerprint density at radius 3 is 2.56 bits per heavy atom. The third kappa shape index (κ3) is 4.67. The van der Waals surface area contributed by atoms with Gasteiger partial charge in [-0.15, -0.1) is 12.4 Å². The SMILES string of the molecule is CCCCCOc1ccc(S(=O)(=O)N2C3CCNCC2CC3)cc1.Cl. The second-order valence-electron chi connectivity index (χ2n) is 6.74. The van der Waals surface area contributed by atoms with Crippen molar-refractivity contribution in [2.45, 2.75) is 62.4 Å². The molecule has 0 amide bonds. The predicted molar refractivity (Wildman–Crippen MR) is 102 cm³/mol. The van der Waals surface area contributed by atoms with E-state index in [-0.39, 0.29) is 24.5 Å². The maximum absolute atomic E-state index is 13.1. The summed E-state index contributed by atoms with van der Waals surface area (Å²) >= 11 is 0. The molecular formula is C18H29ClN2O3S. The normalized spacial score (nSPS) is 23.7. The van der Waals surface area contributed by atoms with Crippen LogP contribution in [0.3, 0.4) is 0 Å². The highest BCUT2D eigenvalue weighted by Crippen LogP contribution is 2.34. The molecule has 1 aromatic carbocycles. The van der Waals surface area contributed by atoms with Crippen molar-refractivity contribution in [2.24, 2.45) is 0 Å². The van der Waals surface area contributed by atoms with Crippen LogP contribution in [0.1, 0.15) is 45.4 Å². The quantitative estimate of drug-likeness (QED) is 0.729. The third-order valence-corrected chi connectivity index (χ3v) is 7.02. The summed E-state index contributed by atoms with van der Waals surface area (Å²) in [6.07, 6.45) is 6.17. The van der Waals surface area contributed by atoms with Gasteiger partial charge in [-0.3, -0.25) is 0 Å². The number of unbranched alkanes of at least 4 members (excludes halogenated alkanes) is 2. The van der Waals surface area contributed by atoms with Crippen LogP contribution in [0, 0.1) is 0 Å². The van der Waals surface area contributed by atoms with E-state index in [2.05, 4.69) is 12.2 Å². The van der Waals surface area contributed by atoms with Crippen molar-refractivity contribution in [3.63, 3.8) is 0 Å². The van der Waals surface area contributed by atoms with E-state index in [9.17, 15) is 8.42 Å².